The van der Waals surface area contributed by atoms with Crippen LogP contribution in [0.15, 0.2) is 59.5 Å². The van der Waals surface area contributed by atoms with E-state index >= 15 is 0 Å². The van der Waals surface area contributed by atoms with Gasteiger partial charge in [0.15, 0.2) is 0 Å². The zero-order chi connectivity index (χ0) is 23.7. The SMILES string of the molecule is O=C(CN1C(=O)C(=C2SC(=S)N(C3CCCCC3)C2=O)c2ccccc21)NCc1ccccc1. The van der Waals surface area contributed by atoms with E-state index < -0.39 is 0 Å². The molecule has 1 aliphatic carbocycles. The van der Waals surface area contributed by atoms with Gasteiger partial charge >= 0.3 is 0 Å². The summed E-state index contributed by atoms with van der Waals surface area (Å²) in [7, 11) is 0. The minimum Gasteiger partial charge on any atom is -0.350 e. The van der Waals surface area contributed by atoms with E-state index in [1.54, 1.807) is 4.90 Å². The highest BCUT2D eigenvalue weighted by Gasteiger charge is 2.44. The van der Waals surface area contributed by atoms with Gasteiger partial charge in [-0.25, -0.2) is 0 Å². The molecule has 174 valence electrons. The number of rotatable bonds is 5. The Labute approximate surface area is 208 Å². The van der Waals surface area contributed by atoms with Gasteiger partial charge in [0.05, 0.1) is 16.2 Å². The molecule has 0 unspecified atom stereocenters. The lowest BCUT2D eigenvalue weighted by Gasteiger charge is -2.29. The van der Waals surface area contributed by atoms with Crippen molar-refractivity contribution < 1.29 is 14.4 Å². The number of para-hydroxylation sites is 1. The van der Waals surface area contributed by atoms with Gasteiger partial charge in [-0.05, 0) is 24.5 Å². The van der Waals surface area contributed by atoms with Crippen LogP contribution in [0.25, 0.3) is 5.57 Å². The summed E-state index contributed by atoms with van der Waals surface area (Å²) in [5, 5.41) is 2.88. The number of hydrogen-bond donors (Lipinski definition) is 1. The highest BCUT2D eigenvalue weighted by atomic mass is 32.2. The van der Waals surface area contributed by atoms with Crippen molar-refractivity contribution in [3.63, 3.8) is 0 Å². The highest BCUT2D eigenvalue weighted by Crippen LogP contribution is 2.45. The van der Waals surface area contributed by atoms with E-state index in [1.165, 1.54) is 23.1 Å². The monoisotopic (exact) mass is 491 g/mol. The number of carbonyl (C=O) groups excluding carboxylic acids is 3. The number of fused-ring (bicyclic) bond motifs is 1. The molecule has 34 heavy (non-hydrogen) atoms. The van der Waals surface area contributed by atoms with Crippen molar-refractivity contribution in [1.82, 2.24) is 10.2 Å². The second-order valence-electron chi connectivity index (χ2n) is 8.71. The lowest BCUT2D eigenvalue weighted by molar-refractivity contribution is -0.124. The molecule has 0 atom stereocenters. The van der Waals surface area contributed by atoms with E-state index in [9.17, 15) is 14.4 Å². The Morgan fingerprint density at radius 1 is 0.971 bits per heavy atom. The van der Waals surface area contributed by atoms with Crippen LogP contribution in [-0.4, -0.2) is 39.5 Å². The maximum Gasteiger partial charge on any atom is 0.267 e. The van der Waals surface area contributed by atoms with Gasteiger partial charge in [0.2, 0.25) is 5.91 Å². The summed E-state index contributed by atoms with van der Waals surface area (Å²) in [5.41, 5.74) is 2.64. The number of nitrogens with zero attached hydrogens (tertiary/aromatic N) is 2. The zero-order valence-electron chi connectivity index (χ0n) is 18.7. The molecule has 2 heterocycles. The third-order valence-corrected chi connectivity index (χ3v) is 7.92. The Morgan fingerprint density at radius 2 is 1.68 bits per heavy atom. The van der Waals surface area contributed by atoms with Gasteiger partial charge < -0.3 is 5.32 Å². The quantitative estimate of drug-likeness (QED) is 0.500. The number of thiocarbonyl (C=S) groups is 1. The Balaban J connectivity index is 1.39. The summed E-state index contributed by atoms with van der Waals surface area (Å²) >= 11 is 6.78. The minimum atomic E-state index is -0.333. The Bertz CT molecular complexity index is 1190. The Kier molecular flexibility index (Phi) is 6.52. The second kappa shape index (κ2) is 9.72. The van der Waals surface area contributed by atoms with Crippen LogP contribution in [-0.2, 0) is 20.9 Å². The van der Waals surface area contributed by atoms with Crippen molar-refractivity contribution in [1.29, 1.82) is 0 Å². The lowest BCUT2D eigenvalue weighted by atomic mass is 9.94. The third-order valence-electron chi connectivity index (χ3n) is 6.52. The van der Waals surface area contributed by atoms with E-state index in [2.05, 4.69) is 5.32 Å². The maximum absolute atomic E-state index is 13.6. The number of carbonyl (C=O) groups is 3. The number of nitrogens with one attached hydrogen (secondary N) is 1. The fourth-order valence-electron chi connectivity index (χ4n) is 4.84. The van der Waals surface area contributed by atoms with Crippen molar-refractivity contribution in [2.75, 3.05) is 11.4 Å². The predicted molar refractivity (Wildman–Crippen MR) is 138 cm³/mol. The van der Waals surface area contributed by atoms with Gasteiger partial charge in [-0.3, -0.25) is 24.2 Å². The molecule has 2 aliphatic heterocycles. The lowest BCUT2D eigenvalue weighted by Crippen LogP contribution is -2.40. The normalized spacial score (nSPS) is 20.8. The van der Waals surface area contributed by atoms with Crippen LogP contribution in [0.3, 0.4) is 0 Å². The molecule has 5 rings (SSSR count). The molecular weight excluding hydrogens is 466 g/mol. The summed E-state index contributed by atoms with van der Waals surface area (Å²) in [6.07, 6.45) is 5.22. The van der Waals surface area contributed by atoms with E-state index in [0.717, 1.165) is 31.2 Å². The van der Waals surface area contributed by atoms with E-state index in [1.807, 2.05) is 54.6 Å². The molecule has 1 saturated heterocycles. The number of hydrogen-bond acceptors (Lipinski definition) is 5. The van der Waals surface area contributed by atoms with Crippen LogP contribution >= 0.6 is 24.0 Å². The van der Waals surface area contributed by atoms with Crippen molar-refractivity contribution >= 4 is 57.3 Å². The van der Waals surface area contributed by atoms with Crippen molar-refractivity contribution in [3.8, 4) is 0 Å². The van der Waals surface area contributed by atoms with E-state index in [4.69, 9.17) is 12.2 Å². The molecular formula is C26H25N3O3S2. The first-order valence-corrected chi connectivity index (χ1v) is 12.8. The van der Waals surface area contributed by atoms with Gasteiger partial charge in [-0.2, -0.15) is 0 Å². The standard InChI is InChI=1S/C26H25N3O3S2/c30-21(27-15-17-9-3-1-4-10-17)16-28-20-14-8-7-13-19(20)22(24(28)31)23-25(32)29(26(33)34-23)18-11-5-2-6-12-18/h1,3-4,7-10,13-14,18H,2,5-6,11-12,15-16H2,(H,27,30). The third kappa shape index (κ3) is 4.28. The first-order valence-electron chi connectivity index (χ1n) is 11.6. The van der Waals surface area contributed by atoms with Crippen molar-refractivity contribution in [2.24, 2.45) is 0 Å². The topological polar surface area (TPSA) is 69.7 Å². The second-order valence-corrected chi connectivity index (χ2v) is 10.4. The molecule has 3 amide bonds. The maximum atomic E-state index is 13.6. The fourth-order valence-corrected chi connectivity index (χ4v) is 6.31. The first-order chi connectivity index (χ1) is 16.5. The minimum absolute atomic E-state index is 0.103. The Hall–Kier alpha value is -2.97. The first kappa shape index (κ1) is 22.8. The molecule has 0 bridgehead atoms. The number of thioether (sulfide) groups is 1. The molecule has 6 nitrogen and oxygen atoms in total. The largest absolute Gasteiger partial charge is 0.350 e. The summed E-state index contributed by atoms with van der Waals surface area (Å²) < 4.78 is 0.517. The number of benzene rings is 2. The number of anilines is 1. The summed E-state index contributed by atoms with van der Waals surface area (Å²) in [4.78, 5) is 43.3. The van der Waals surface area contributed by atoms with Gasteiger partial charge in [0.1, 0.15) is 10.9 Å². The molecule has 8 heteroatoms. The van der Waals surface area contributed by atoms with Crippen LogP contribution in [0.2, 0.25) is 0 Å². The van der Waals surface area contributed by atoms with E-state index in [0.29, 0.717) is 32.6 Å². The van der Waals surface area contributed by atoms with E-state index in [-0.39, 0.29) is 30.3 Å². The average molecular weight is 492 g/mol. The fraction of sp³-hybridized carbons (Fsp3) is 0.308. The van der Waals surface area contributed by atoms with Gasteiger partial charge in [0.25, 0.3) is 11.8 Å². The number of amides is 3. The van der Waals surface area contributed by atoms with Crippen LogP contribution in [0.5, 0.6) is 0 Å². The van der Waals surface area contributed by atoms with Crippen LogP contribution in [0.1, 0.15) is 43.2 Å². The van der Waals surface area contributed by atoms with Crippen LogP contribution in [0.4, 0.5) is 5.69 Å². The summed E-state index contributed by atoms with van der Waals surface area (Å²) in [5.74, 6) is -0.779. The molecule has 2 aromatic carbocycles. The molecule has 3 aliphatic rings. The molecule has 0 spiro atoms. The smallest absolute Gasteiger partial charge is 0.267 e. The van der Waals surface area contributed by atoms with Gasteiger partial charge in [-0.15, -0.1) is 0 Å². The zero-order valence-corrected chi connectivity index (χ0v) is 20.3. The molecule has 0 radical (unpaired) electrons. The Morgan fingerprint density at radius 3 is 2.44 bits per heavy atom. The van der Waals surface area contributed by atoms with Gasteiger partial charge in [-0.1, -0.05) is 91.8 Å². The summed E-state index contributed by atoms with van der Waals surface area (Å²) in [6.45, 7) is 0.269. The molecule has 2 fully saturated rings. The summed E-state index contributed by atoms with van der Waals surface area (Å²) in [6, 6.07) is 17.0. The average Bonchev–Trinajstić information content (AvgIpc) is 3.30. The molecule has 0 aromatic heterocycles. The molecule has 1 saturated carbocycles. The van der Waals surface area contributed by atoms with Gasteiger partial charge in [0, 0.05) is 18.2 Å². The van der Waals surface area contributed by atoms with Crippen LogP contribution in [0, 0.1) is 0 Å². The predicted octanol–water partition coefficient (Wildman–Crippen LogP) is 4.25. The molecule has 1 N–H and O–H groups in total. The van der Waals surface area contributed by atoms with Crippen molar-refractivity contribution in [3.05, 3.63) is 70.6 Å². The highest BCUT2D eigenvalue weighted by molar-refractivity contribution is 8.26. The molecule has 2 aromatic rings. The van der Waals surface area contributed by atoms with Crippen LogP contribution < -0.4 is 10.2 Å². The van der Waals surface area contributed by atoms with Crippen molar-refractivity contribution in [2.45, 2.75) is 44.7 Å².